The standard InChI is InChI=1S/C28H49NO3S/c1-6-8-10-12-13-14-15-17-19-21-25(30)29-26-24(27(31)32-28(3,4)5)22-23(33-26)20-18-16-11-9-7-2/h22H,6-21H2,1-5H3,(H,29,30). The molecule has 0 atom stereocenters. The van der Waals surface area contributed by atoms with Gasteiger partial charge in [0.05, 0.1) is 5.56 Å². The average Bonchev–Trinajstić information content (AvgIpc) is 3.14. The molecule has 0 saturated heterocycles. The lowest BCUT2D eigenvalue weighted by Gasteiger charge is -2.19. The van der Waals surface area contributed by atoms with E-state index in [1.54, 1.807) is 0 Å². The van der Waals surface area contributed by atoms with Crippen LogP contribution in [0.2, 0.25) is 0 Å². The van der Waals surface area contributed by atoms with E-state index in [0.717, 1.165) is 30.6 Å². The fraction of sp³-hybridized carbons (Fsp3) is 0.786. The summed E-state index contributed by atoms with van der Waals surface area (Å²) in [6, 6.07) is 1.92. The summed E-state index contributed by atoms with van der Waals surface area (Å²) < 4.78 is 5.59. The van der Waals surface area contributed by atoms with E-state index < -0.39 is 5.60 Å². The van der Waals surface area contributed by atoms with Crippen LogP contribution in [0.25, 0.3) is 0 Å². The van der Waals surface area contributed by atoms with Crippen LogP contribution in [0, 0.1) is 0 Å². The fourth-order valence-electron chi connectivity index (χ4n) is 3.83. The van der Waals surface area contributed by atoms with Crippen LogP contribution in [0.1, 0.15) is 146 Å². The molecule has 0 unspecified atom stereocenters. The average molecular weight is 480 g/mol. The van der Waals surface area contributed by atoms with Gasteiger partial charge >= 0.3 is 5.97 Å². The second-order valence-corrected chi connectivity index (χ2v) is 11.4. The summed E-state index contributed by atoms with van der Waals surface area (Å²) in [7, 11) is 0. The van der Waals surface area contributed by atoms with E-state index in [1.165, 1.54) is 82.0 Å². The molecule has 0 bridgehead atoms. The molecule has 0 radical (unpaired) electrons. The predicted octanol–water partition coefficient (Wildman–Crippen LogP) is 9.08. The number of aryl methyl sites for hydroxylation is 1. The minimum atomic E-state index is -0.558. The molecule has 0 aromatic carbocycles. The highest BCUT2D eigenvalue weighted by Gasteiger charge is 2.23. The zero-order valence-electron chi connectivity index (χ0n) is 22.0. The molecule has 1 aromatic rings. The van der Waals surface area contributed by atoms with E-state index in [4.69, 9.17) is 4.74 Å². The Morgan fingerprint density at radius 3 is 1.88 bits per heavy atom. The van der Waals surface area contributed by atoms with Crippen LogP contribution in [0.5, 0.6) is 0 Å². The number of thiophene rings is 1. The Balaban J connectivity index is 2.53. The van der Waals surface area contributed by atoms with E-state index in [-0.39, 0.29) is 11.9 Å². The van der Waals surface area contributed by atoms with Crippen molar-refractivity contribution >= 4 is 28.2 Å². The van der Waals surface area contributed by atoms with Crippen molar-refractivity contribution in [2.75, 3.05) is 5.32 Å². The highest BCUT2D eigenvalue weighted by atomic mass is 32.1. The highest BCUT2D eigenvalue weighted by molar-refractivity contribution is 7.16. The molecule has 33 heavy (non-hydrogen) atoms. The van der Waals surface area contributed by atoms with E-state index in [0.29, 0.717) is 17.0 Å². The van der Waals surface area contributed by atoms with Crippen molar-refractivity contribution in [3.05, 3.63) is 16.5 Å². The van der Waals surface area contributed by atoms with Gasteiger partial charge in [0.15, 0.2) is 0 Å². The van der Waals surface area contributed by atoms with Crippen molar-refractivity contribution in [2.45, 2.75) is 143 Å². The number of ether oxygens (including phenoxy) is 1. The number of amides is 1. The summed E-state index contributed by atoms with van der Waals surface area (Å²) in [5, 5.41) is 3.66. The van der Waals surface area contributed by atoms with Crippen LogP contribution < -0.4 is 5.32 Å². The van der Waals surface area contributed by atoms with Crippen LogP contribution in [0.3, 0.4) is 0 Å². The normalized spacial score (nSPS) is 11.5. The summed E-state index contributed by atoms with van der Waals surface area (Å²) in [4.78, 5) is 26.5. The lowest BCUT2D eigenvalue weighted by atomic mass is 10.1. The maximum Gasteiger partial charge on any atom is 0.341 e. The predicted molar refractivity (Wildman–Crippen MR) is 142 cm³/mol. The van der Waals surface area contributed by atoms with Crippen molar-refractivity contribution in [3.8, 4) is 0 Å². The Morgan fingerprint density at radius 1 is 0.818 bits per heavy atom. The smallest absolute Gasteiger partial charge is 0.341 e. The van der Waals surface area contributed by atoms with Gasteiger partial charge in [0.2, 0.25) is 5.91 Å². The second kappa shape index (κ2) is 17.1. The largest absolute Gasteiger partial charge is 0.456 e. The molecular weight excluding hydrogens is 430 g/mol. The molecule has 5 heteroatoms. The molecule has 0 fully saturated rings. The highest BCUT2D eigenvalue weighted by Crippen LogP contribution is 2.31. The lowest BCUT2D eigenvalue weighted by Crippen LogP contribution is -2.24. The first kappa shape index (κ1) is 29.7. The van der Waals surface area contributed by atoms with E-state index in [1.807, 2.05) is 26.8 Å². The van der Waals surface area contributed by atoms with Gasteiger partial charge in [-0.25, -0.2) is 4.79 Å². The summed E-state index contributed by atoms with van der Waals surface area (Å²) in [6.07, 6.45) is 18.6. The Morgan fingerprint density at radius 2 is 1.33 bits per heavy atom. The molecule has 0 aliphatic rings. The fourth-order valence-corrected chi connectivity index (χ4v) is 4.93. The SMILES string of the molecule is CCCCCCCCCCCC(=O)Nc1sc(CCCCCCC)cc1C(=O)OC(C)(C)C. The van der Waals surface area contributed by atoms with Crippen LogP contribution in [0.4, 0.5) is 5.00 Å². The summed E-state index contributed by atoms with van der Waals surface area (Å²) >= 11 is 1.53. The number of carbonyl (C=O) groups excluding carboxylic acids is 2. The number of anilines is 1. The third-order valence-electron chi connectivity index (χ3n) is 5.69. The monoisotopic (exact) mass is 479 g/mol. The second-order valence-electron chi connectivity index (χ2n) is 10.2. The Hall–Kier alpha value is -1.36. The molecule has 190 valence electrons. The van der Waals surface area contributed by atoms with Crippen LogP contribution in [-0.4, -0.2) is 17.5 Å². The summed E-state index contributed by atoms with van der Waals surface area (Å²) in [5.41, 5.74) is -0.0594. The van der Waals surface area contributed by atoms with E-state index in [2.05, 4.69) is 19.2 Å². The molecule has 1 heterocycles. The Bertz CT molecular complexity index is 675. The first-order valence-electron chi connectivity index (χ1n) is 13.4. The molecule has 1 N–H and O–H groups in total. The molecule has 1 rings (SSSR count). The van der Waals surface area contributed by atoms with E-state index in [9.17, 15) is 9.59 Å². The van der Waals surface area contributed by atoms with Crippen molar-refractivity contribution in [1.29, 1.82) is 0 Å². The minimum absolute atomic E-state index is 0.000833. The Kier molecular flexibility index (Phi) is 15.4. The van der Waals surface area contributed by atoms with Crippen molar-refractivity contribution < 1.29 is 14.3 Å². The molecule has 0 spiro atoms. The van der Waals surface area contributed by atoms with E-state index >= 15 is 0 Å². The first-order valence-corrected chi connectivity index (χ1v) is 14.2. The van der Waals surface area contributed by atoms with Gasteiger partial charge in [-0.2, -0.15) is 0 Å². The van der Waals surface area contributed by atoms with Gasteiger partial charge in [0.1, 0.15) is 10.6 Å². The van der Waals surface area contributed by atoms with Crippen molar-refractivity contribution in [2.24, 2.45) is 0 Å². The molecule has 1 aromatic heterocycles. The summed E-state index contributed by atoms with van der Waals surface area (Å²) in [6.45, 7) is 10.1. The maximum atomic E-state index is 12.8. The minimum Gasteiger partial charge on any atom is -0.456 e. The number of unbranched alkanes of at least 4 members (excludes halogenated alkanes) is 12. The Labute approximate surface area is 207 Å². The number of nitrogens with one attached hydrogen (secondary N) is 1. The number of hydrogen-bond acceptors (Lipinski definition) is 4. The van der Waals surface area contributed by atoms with Crippen LogP contribution >= 0.6 is 11.3 Å². The van der Waals surface area contributed by atoms with Gasteiger partial charge in [-0.05, 0) is 46.1 Å². The zero-order valence-corrected chi connectivity index (χ0v) is 22.8. The number of hydrogen-bond donors (Lipinski definition) is 1. The molecule has 0 saturated carbocycles. The van der Waals surface area contributed by atoms with Gasteiger partial charge in [-0.1, -0.05) is 90.9 Å². The molecule has 0 aliphatic heterocycles. The molecular formula is C28H49NO3S. The zero-order chi connectivity index (χ0) is 24.5. The number of rotatable bonds is 18. The van der Waals surface area contributed by atoms with Crippen molar-refractivity contribution in [3.63, 3.8) is 0 Å². The van der Waals surface area contributed by atoms with Crippen molar-refractivity contribution in [1.82, 2.24) is 0 Å². The van der Waals surface area contributed by atoms with Crippen LogP contribution in [0.15, 0.2) is 6.07 Å². The first-order chi connectivity index (χ1) is 15.8. The van der Waals surface area contributed by atoms with Gasteiger partial charge in [0, 0.05) is 11.3 Å². The third kappa shape index (κ3) is 14.5. The number of carbonyl (C=O) groups is 2. The van der Waals surface area contributed by atoms with Crippen LogP contribution in [-0.2, 0) is 16.0 Å². The quantitative estimate of drug-likeness (QED) is 0.169. The van der Waals surface area contributed by atoms with Gasteiger partial charge < -0.3 is 10.1 Å². The number of esters is 1. The third-order valence-corrected chi connectivity index (χ3v) is 6.80. The summed E-state index contributed by atoms with van der Waals surface area (Å²) in [5.74, 6) is -0.353. The molecule has 1 amide bonds. The maximum absolute atomic E-state index is 12.8. The molecule has 4 nitrogen and oxygen atoms in total. The van der Waals surface area contributed by atoms with Gasteiger partial charge in [0.25, 0.3) is 0 Å². The topological polar surface area (TPSA) is 55.4 Å². The van der Waals surface area contributed by atoms with Gasteiger partial charge in [-0.15, -0.1) is 11.3 Å². The molecule has 0 aliphatic carbocycles. The van der Waals surface area contributed by atoms with Gasteiger partial charge in [-0.3, -0.25) is 4.79 Å². The lowest BCUT2D eigenvalue weighted by molar-refractivity contribution is -0.116.